The zero-order chi connectivity index (χ0) is 15.1. The van der Waals surface area contributed by atoms with Crippen molar-refractivity contribution < 1.29 is 9.90 Å². The van der Waals surface area contributed by atoms with Gasteiger partial charge in [0.05, 0.1) is 12.7 Å². The summed E-state index contributed by atoms with van der Waals surface area (Å²) in [5.41, 5.74) is 2.21. The molecule has 0 aliphatic rings. The maximum atomic E-state index is 12.1. The summed E-state index contributed by atoms with van der Waals surface area (Å²) in [6.45, 7) is 2.73. The number of carbonyl (C=O) groups is 1. The smallest absolute Gasteiger partial charge is 0.251 e. The van der Waals surface area contributed by atoms with E-state index in [9.17, 15) is 4.79 Å². The first-order valence-electron chi connectivity index (χ1n) is 6.53. The number of aliphatic hydroxyl groups is 1. The van der Waals surface area contributed by atoms with Crippen LogP contribution in [0.2, 0.25) is 0 Å². The van der Waals surface area contributed by atoms with Gasteiger partial charge in [0.25, 0.3) is 5.91 Å². The van der Waals surface area contributed by atoms with E-state index >= 15 is 0 Å². The van der Waals surface area contributed by atoms with Crippen LogP contribution in [-0.4, -0.2) is 39.2 Å². The van der Waals surface area contributed by atoms with E-state index < -0.39 is 0 Å². The highest BCUT2D eigenvalue weighted by Crippen LogP contribution is 2.09. The summed E-state index contributed by atoms with van der Waals surface area (Å²) in [4.78, 5) is 12.1. The van der Waals surface area contributed by atoms with Crippen molar-refractivity contribution in [2.24, 2.45) is 0 Å². The van der Waals surface area contributed by atoms with E-state index in [1.165, 1.54) is 0 Å². The first kappa shape index (κ1) is 14.8. The van der Waals surface area contributed by atoms with Crippen LogP contribution in [0, 0.1) is 18.8 Å². The molecule has 0 bridgehead atoms. The Balaban J connectivity index is 1.99. The van der Waals surface area contributed by atoms with E-state index in [4.69, 9.17) is 5.11 Å². The highest BCUT2D eigenvalue weighted by atomic mass is 16.2. The molecule has 1 heterocycles. The molecule has 6 nitrogen and oxygen atoms in total. The molecule has 0 saturated heterocycles. The van der Waals surface area contributed by atoms with Gasteiger partial charge in [-0.25, -0.2) is 0 Å². The number of carbonyl (C=O) groups excluding carboxylic acids is 1. The quantitative estimate of drug-likeness (QED) is 0.795. The zero-order valence-electron chi connectivity index (χ0n) is 11.7. The number of rotatable bonds is 4. The van der Waals surface area contributed by atoms with Crippen LogP contribution in [0.15, 0.2) is 30.6 Å². The fourth-order valence-electron chi connectivity index (χ4n) is 1.87. The average molecular weight is 284 g/mol. The summed E-state index contributed by atoms with van der Waals surface area (Å²) in [6, 6.07) is 5.38. The van der Waals surface area contributed by atoms with Crippen LogP contribution >= 0.6 is 0 Å². The molecule has 21 heavy (non-hydrogen) atoms. The molecule has 108 valence electrons. The van der Waals surface area contributed by atoms with E-state index in [-0.39, 0.29) is 12.5 Å². The van der Waals surface area contributed by atoms with Crippen molar-refractivity contribution in [2.75, 3.05) is 13.2 Å². The second kappa shape index (κ2) is 7.22. The lowest BCUT2D eigenvalue weighted by Gasteiger charge is -2.06. The van der Waals surface area contributed by atoms with Gasteiger partial charge in [0, 0.05) is 23.9 Å². The summed E-state index contributed by atoms with van der Waals surface area (Å²) in [5, 5.41) is 19.1. The van der Waals surface area contributed by atoms with E-state index in [0.717, 1.165) is 5.56 Å². The number of hydrogen-bond acceptors (Lipinski definition) is 4. The zero-order valence-corrected chi connectivity index (χ0v) is 11.7. The van der Waals surface area contributed by atoms with E-state index in [1.807, 2.05) is 13.0 Å². The Morgan fingerprint density at radius 3 is 3.00 bits per heavy atom. The van der Waals surface area contributed by atoms with Gasteiger partial charge in [0.15, 0.2) is 0 Å². The molecule has 1 aromatic carbocycles. The monoisotopic (exact) mass is 284 g/mol. The molecule has 2 rings (SSSR count). The van der Waals surface area contributed by atoms with Crippen LogP contribution in [0.3, 0.4) is 0 Å². The Labute approximate surface area is 122 Å². The van der Waals surface area contributed by atoms with Crippen LogP contribution in [0.4, 0.5) is 0 Å². The summed E-state index contributed by atoms with van der Waals surface area (Å²) in [6.07, 6.45) is 3.33. The Morgan fingerprint density at radius 1 is 1.43 bits per heavy atom. The van der Waals surface area contributed by atoms with Gasteiger partial charge in [-0.05, 0) is 30.7 Å². The highest BCUT2D eigenvalue weighted by molar-refractivity contribution is 5.94. The second-order valence-electron chi connectivity index (χ2n) is 4.47. The SMILES string of the molecule is Cc1cc(C#CCO)cc(C(=O)NCCn2ccnn2)c1. The second-order valence-corrected chi connectivity index (χ2v) is 4.47. The Kier molecular flexibility index (Phi) is 5.07. The lowest BCUT2D eigenvalue weighted by Crippen LogP contribution is -2.27. The van der Waals surface area contributed by atoms with Crippen LogP contribution in [0.5, 0.6) is 0 Å². The van der Waals surface area contributed by atoms with Crippen LogP contribution < -0.4 is 5.32 Å². The number of aliphatic hydroxyl groups excluding tert-OH is 1. The molecule has 0 radical (unpaired) electrons. The third kappa shape index (κ3) is 4.44. The summed E-state index contributed by atoms with van der Waals surface area (Å²) in [7, 11) is 0. The number of amides is 1. The summed E-state index contributed by atoms with van der Waals surface area (Å²) < 4.78 is 1.65. The van der Waals surface area contributed by atoms with Crippen molar-refractivity contribution in [1.29, 1.82) is 0 Å². The van der Waals surface area contributed by atoms with Gasteiger partial charge in [-0.2, -0.15) is 0 Å². The minimum absolute atomic E-state index is 0.161. The molecule has 2 aromatic rings. The fourth-order valence-corrected chi connectivity index (χ4v) is 1.87. The molecule has 0 spiro atoms. The highest BCUT2D eigenvalue weighted by Gasteiger charge is 2.06. The van der Waals surface area contributed by atoms with Crippen molar-refractivity contribution in [3.05, 3.63) is 47.3 Å². The van der Waals surface area contributed by atoms with Gasteiger partial charge >= 0.3 is 0 Å². The summed E-state index contributed by atoms with van der Waals surface area (Å²) >= 11 is 0. The molecule has 0 aliphatic carbocycles. The normalized spacial score (nSPS) is 9.81. The van der Waals surface area contributed by atoms with Crippen molar-refractivity contribution in [1.82, 2.24) is 20.3 Å². The number of hydrogen-bond donors (Lipinski definition) is 2. The van der Waals surface area contributed by atoms with Crippen LogP contribution in [0.25, 0.3) is 0 Å². The van der Waals surface area contributed by atoms with E-state index in [0.29, 0.717) is 24.2 Å². The van der Waals surface area contributed by atoms with Crippen molar-refractivity contribution >= 4 is 5.91 Å². The molecule has 0 fully saturated rings. The maximum absolute atomic E-state index is 12.1. The summed E-state index contributed by atoms with van der Waals surface area (Å²) in [5.74, 6) is 5.22. The predicted molar refractivity (Wildman–Crippen MR) is 77.5 cm³/mol. The molecular weight excluding hydrogens is 268 g/mol. The molecule has 2 N–H and O–H groups in total. The molecule has 6 heteroatoms. The van der Waals surface area contributed by atoms with Crippen LogP contribution in [0.1, 0.15) is 21.5 Å². The molecule has 1 amide bonds. The van der Waals surface area contributed by atoms with Crippen molar-refractivity contribution in [3.8, 4) is 11.8 Å². The Hall–Kier alpha value is -2.65. The first-order valence-corrected chi connectivity index (χ1v) is 6.53. The van der Waals surface area contributed by atoms with Gasteiger partial charge in [-0.1, -0.05) is 17.1 Å². The third-order valence-electron chi connectivity index (χ3n) is 2.75. The van der Waals surface area contributed by atoms with Crippen molar-refractivity contribution in [3.63, 3.8) is 0 Å². The number of nitrogens with one attached hydrogen (secondary N) is 1. The lowest BCUT2D eigenvalue weighted by atomic mass is 10.1. The first-order chi connectivity index (χ1) is 10.2. The molecule has 0 aliphatic heterocycles. The lowest BCUT2D eigenvalue weighted by molar-refractivity contribution is 0.0951. The van der Waals surface area contributed by atoms with E-state index in [2.05, 4.69) is 27.5 Å². The van der Waals surface area contributed by atoms with Gasteiger partial charge in [-0.15, -0.1) is 5.10 Å². The fraction of sp³-hybridized carbons (Fsp3) is 0.267. The van der Waals surface area contributed by atoms with Gasteiger partial charge in [0.1, 0.15) is 6.61 Å². The molecular formula is C15H16N4O2. The minimum Gasteiger partial charge on any atom is -0.384 e. The molecule has 0 saturated carbocycles. The Bertz CT molecular complexity index is 669. The molecule has 0 unspecified atom stereocenters. The Morgan fingerprint density at radius 2 is 2.29 bits per heavy atom. The van der Waals surface area contributed by atoms with Gasteiger partial charge < -0.3 is 10.4 Å². The number of aryl methyl sites for hydroxylation is 1. The van der Waals surface area contributed by atoms with Crippen LogP contribution in [-0.2, 0) is 6.54 Å². The maximum Gasteiger partial charge on any atom is 0.251 e. The van der Waals surface area contributed by atoms with Gasteiger partial charge in [0.2, 0.25) is 0 Å². The molecule has 0 atom stereocenters. The minimum atomic E-state index is -0.201. The number of nitrogens with zero attached hydrogens (tertiary/aromatic N) is 3. The van der Waals surface area contributed by atoms with Crippen molar-refractivity contribution in [2.45, 2.75) is 13.5 Å². The number of benzene rings is 1. The van der Waals surface area contributed by atoms with Gasteiger partial charge in [-0.3, -0.25) is 9.48 Å². The predicted octanol–water partition coefficient (Wildman–Crippen LogP) is 0.360. The number of aromatic nitrogens is 3. The topological polar surface area (TPSA) is 80.0 Å². The third-order valence-corrected chi connectivity index (χ3v) is 2.75. The van der Waals surface area contributed by atoms with E-state index in [1.54, 1.807) is 29.2 Å². The standard InChI is InChI=1S/C15H16N4O2/c1-12-9-13(3-2-8-20)11-14(10-12)15(21)16-4-6-19-7-5-17-18-19/h5,7,9-11,20H,4,6,8H2,1H3,(H,16,21). The largest absolute Gasteiger partial charge is 0.384 e. The average Bonchev–Trinajstić information content (AvgIpc) is 2.97. The molecule has 1 aromatic heterocycles.